The molecule has 7 nitrogen and oxygen atoms in total. The normalized spacial score (nSPS) is 12.9. The number of urea groups is 1. The first-order valence-electron chi connectivity index (χ1n) is 9.33. The summed E-state index contributed by atoms with van der Waals surface area (Å²) in [6, 6.07) is 8.16. The van der Waals surface area contributed by atoms with Gasteiger partial charge in [-0.2, -0.15) is 8.78 Å². The molecule has 9 heteroatoms. The Kier molecular flexibility index (Phi) is 6.81. The second-order valence-corrected chi connectivity index (χ2v) is 6.67. The summed E-state index contributed by atoms with van der Waals surface area (Å²) in [5, 5.41) is 2.85. The van der Waals surface area contributed by atoms with E-state index in [2.05, 4.69) is 10.1 Å². The molecule has 0 aromatic heterocycles. The Morgan fingerprint density at radius 2 is 1.63 bits per heavy atom. The van der Waals surface area contributed by atoms with Gasteiger partial charge in [-0.15, -0.1) is 0 Å². The van der Waals surface area contributed by atoms with E-state index in [1.165, 1.54) is 13.2 Å². The number of nitrogens with one attached hydrogen (secondary N) is 1. The van der Waals surface area contributed by atoms with Crippen molar-refractivity contribution < 1.29 is 32.5 Å². The van der Waals surface area contributed by atoms with Gasteiger partial charge in [0, 0.05) is 19.6 Å². The smallest absolute Gasteiger partial charge is 0.387 e. The second kappa shape index (κ2) is 9.51. The van der Waals surface area contributed by atoms with Crippen LogP contribution in [-0.2, 0) is 19.5 Å². The van der Waals surface area contributed by atoms with E-state index in [4.69, 9.17) is 14.2 Å². The molecule has 0 atom stereocenters. The molecule has 1 heterocycles. The average Bonchev–Trinajstić information content (AvgIpc) is 2.76. The monoisotopic (exact) mass is 422 g/mol. The Morgan fingerprint density at radius 3 is 2.27 bits per heavy atom. The standard InChI is InChI=1S/C21H24F2N2O5/c1-27-17-8-13(4-5-16(17)30-20(22)23)11-24-21(26)25-7-6-14-9-18(28-2)19(29-3)10-15(14)12-25/h4-5,8-10,20H,6-7,11-12H2,1-3H3,(H,24,26). The molecule has 1 aliphatic heterocycles. The van der Waals surface area contributed by atoms with Crippen LogP contribution in [-0.4, -0.2) is 45.4 Å². The lowest BCUT2D eigenvalue weighted by Gasteiger charge is -2.29. The average molecular weight is 422 g/mol. The van der Waals surface area contributed by atoms with Gasteiger partial charge in [0.05, 0.1) is 21.3 Å². The van der Waals surface area contributed by atoms with E-state index in [1.807, 2.05) is 12.1 Å². The maximum Gasteiger partial charge on any atom is 0.387 e. The molecular formula is C21H24F2N2O5. The lowest BCUT2D eigenvalue weighted by atomic mass is 9.99. The van der Waals surface area contributed by atoms with Crippen LogP contribution in [0.1, 0.15) is 16.7 Å². The fraction of sp³-hybridized carbons (Fsp3) is 0.381. The first-order valence-corrected chi connectivity index (χ1v) is 9.33. The molecule has 3 rings (SSSR count). The molecule has 0 radical (unpaired) electrons. The van der Waals surface area contributed by atoms with Crippen LogP contribution in [0.3, 0.4) is 0 Å². The molecule has 30 heavy (non-hydrogen) atoms. The molecule has 1 N–H and O–H groups in total. The first-order chi connectivity index (χ1) is 14.4. The van der Waals surface area contributed by atoms with Gasteiger partial charge >= 0.3 is 12.6 Å². The third-order valence-corrected chi connectivity index (χ3v) is 4.89. The number of carbonyl (C=O) groups is 1. The van der Waals surface area contributed by atoms with Gasteiger partial charge in [0.2, 0.25) is 0 Å². The van der Waals surface area contributed by atoms with Crippen molar-refractivity contribution in [3.63, 3.8) is 0 Å². The van der Waals surface area contributed by atoms with Crippen LogP contribution in [0, 0.1) is 0 Å². The minimum absolute atomic E-state index is 0.0559. The highest BCUT2D eigenvalue weighted by atomic mass is 19.3. The van der Waals surface area contributed by atoms with E-state index in [9.17, 15) is 13.6 Å². The second-order valence-electron chi connectivity index (χ2n) is 6.67. The maximum absolute atomic E-state index is 12.6. The van der Waals surface area contributed by atoms with E-state index < -0.39 is 6.61 Å². The zero-order valence-corrected chi connectivity index (χ0v) is 17.0. The van der Waals surface area contributed by atoms with Crippen molar-refractivity contribution >= 4 is 6.03 Å². The number of alkyl halides is 2. The summed E-state index contributed by atoms with van der Waals surface area (Å²) in [7, 11) is 4.53. The largest absolute Gasteiger partial charge is 0.493 e. The molecule has 0 aliphatic carbocycles. The van der Waals surface area contributed by atoms with E-state index in [-0.39, 0.29) is 24.1 Å². The van der Waals surface area contributed by atoms with E-state index in [0.29, 0.717) is 36.6 Å². The fourth-order valence-corrected chi connectivity index (χ4v) is 3.36. The Labute approximate surface area is 173 Å². The van der Waals surface area contributed by atoms with Crippen molar-refractivity contribution in [2.45, 2.75) is 26.1 Å². The van der Waals surface area contributed by atoms with Gasteiger partial charge in [-0.1, -0.05) is 6.07 Å². The number of hydrogen-bond acceptors (Lipinski definition) is 5. The summed E-state index contributed by atoms with van der Waals surface area (Å²) in [6.07, 6.45) is 0.705. The van der Waals surface area contributed by atoms with Gasteiger partial charge in [-0.25, -0.2) is 4.79 Å². The lowest BCUT2D eigenvalue weighted by Crippen LogP contribution is -2.42. The van der Waals surface area contributed by atoms with Crippen molar-refractivity contribution in [3.8, 4) is 23.0 Å². The van der Waals surface area contributed by atoms with Crippen LogP contribution >= 0.6 is 0 Å². The number of amides is 2. The Hall–Kier alpha value is -3.23. The zero-order chi connectivity index (χ0) is 21.7. The molecule has 2 amide bonds. The van der Waals surface area contributed by atoms with Gasteiger partial charge in [0.1, 0.15) is 0 Å². The van der Waals surface area contributed by atoms with Gasteiger partial charge in [0.15, 0.2) is 23.0 Å². The number of halogens is 2. The van der Waals surface area contributed by atoms with Crippen molar-refractivity contribution in [2.24, 2.45) is 0 Å². The molecular weight excluding hydrogens is 398 g/mol. The van der Waals surface area contributed by atoms with Crippen LogP contribution in [0.5, 0.6) is 23.0 Å². The van der Waals surface area contributed by atoms with Crippen LogP contribution in [0.25, 0.3) is 0 Å². The third kappa shape index (κ3) is 4.84. The van der Waals surface area contributed by atoms with Crippen LogP contribution in [0.15, 0.2) is 30.3 Å². The number of benzene rings is 2. The third-order valence-electron chi connectivity index (χ3n) is 4.89. The number of hydrogen-bond donors (Lipinski definition) is 1. The first kappa shape index (κ1) is 21.5. The van der Waals surface area contributed by atoms with Crippen LogP contribution in [0.4, 0.5) is 13.6 Å². The summed E-state index contributed by atoms with van der Waals surface area (Å²) >= 11 is 0. The van der Waals surface area contributed by atoms with Crippen molar-refractivity contribution in [3.05, 3.63) is 47.0 Å². The molecule has 162 valence electrons. The highest BCUT2D eigenvalue weighted by molar-refractivity contribution is 5.74. The van der Waals surface area contributed by atoms with Crippen molar-refractivity contribution in [1.82, 2.24) is 10.2 Å². The number of nitrogens with zero attached hydrogens (tertiary/aromatic N) is 1. The minimum Gasteiger partial charge on any atom is -0.493 e. The molecule has 1 aliphatic rings. The molecule has 0 unspecified atom stereocenters. The van der Waals surface area contributed by atoms with Crippen LogP contribution in [0.2, 0.25) is 0 Å². The maximum atomic E-state index is 12.6. The van der Waals surface area contributed by atoms with Gasteiger partial charge in [-0.05, 0) is 47.4 Å². The van der Waals surface area contributed by atoms with E-state index in [1.54, 1.807) is 31.3 Å². The molecule has 0 bridgehead atoms. The van der Waals surface area contributed by atoms with Crippen molar-refractivity contribution in [2.75, 3.05) is 27.9 Å². The van der Waals surface area contributed by atoms with Crippen LogP contribution < -0.4 is 24.3 Å². The summed E-state index contributed by atoms with van der Waals surface area (Å²) in [5.41, 5.74) is 2.82. The fourth-order valence-electron chi connectivity index (χ4n) is 3.36. The summed E-state index contributed by atoms with van der Waals surface area (Å²) in [5.74, 6) is 1.41. The Bertz CT molecular complexity index is 907. The number of rotatable bonds is 7. The summed E-state index contributed by atoms with van der Waals surface area (Å²) < 4.78 is 45.0. The van der Waals surface area contributed by atoms with Crippen molar-refractivity contribution in [1.29, 1.82) is 0 Å². The predicted octanol–water partition coefficient (Wildman–Crippen LogP) is 3.58. The topological polar surface area (TPSA) is 69.3 Å². The zero-order valence-electron chi connectivity index (χ0n) is 17.0. The summed E-state index contributed by atoms with van der Waals surface area (Å²) in [4.78, 5) is 14.3. The quantitative estimate of drug-likeness (QED) is 0.739. The molecule has 0 fully saturated rings. The number of fused-ring (bicyclic) bond motifs is 1. The predicted molar refractivity (Wildman–Crippen MR) is 106 cm³/mol. The molecule has 2 aromatic carbocycles. The van der Waals surface area contributed by atoms with Gasteiger partial charge in [-0.3, -0.25) is 0 Å². The number of ether oxygens (including phenoxy) is 4. The highest BCUT2D eigenvalue weighted by Gasteiger charge is 2.23. The molecule has 0 saturated heterocycles. The molecule has 0 saturated carbocycles. The number of methoxy groups -OCH3 is 3. The molecule has 0 spiro atoms. The SMILES string of the molecule is COc1cc2c(cc1OC)CN(C(=O)NCc1ccc(OC(F)F)c(OC)c1)CC2. The Morgan fingerprint density at radius 1 is 1.00 bits per heavy atom. The van der Waals surface area contributed by atoms with Gasteiger partial charge < -0.3 is 29.2 Å². The minimum atomic E-state index is -2.94. The summed E-state index contributed by atoms with van der Waals surface area (Å²) in [6.45, 7) is -1.70. The lowest BCUT2D eigenvalue weighted by molar-refractivity contribution is -0.0512. The number of carbonyl (C=O) groups excluding carboxylic acids is 1. The van der Waals surface area contributed by atoms with E-state index >= 15 is 0 Å². The molecule has 2 aromatic rings. The van der Waals surface area contributed by atoms with Gasteiger partial charge in [0.25, 0.3) is 0 Å². The highest BCUT2D eigenvalue weighted by Crippen LogP contribution is 2.33. The van der Waals surface area contributed by atoms with E-state index in [0.717, 1.165) is 11.1 Å². The Balaban J connectivity index is 1.63.